The molecule has 0 aromatic carbocycles. The molecule has 0 heterocycles. The fourth-order valence-electron chi connectivity index (χ4n) is 10.1. The summed E-state index contributed by atoms with van der Waals surface area (Å²) in [6.07, 6.45) is 8.16. The molecule has 0 saturated heterocycles. The average Bonchev–Trinajstić information content (AvgIpc) is 2.72. The molecule has 37 heavy (non-hydrogen) atoms. The van der Waals surface area contributed by atoms with Crippen LogP contribution in [0.4, 0.5) is 13.6 Å². The Kier molecular flexibility index (Phi) is 5.56. The summed E-state index contributed by atoms with van der Waals surface area (Å²) in [7, 11) is -5.94. The highest BCUT2D eigenvalue weighted by Gasteiger charge is 2.62. The van der Waals surface area contributed by atoms with E-state index in [1.54, 1.807) is 0 Å². The molecule has 0 spiro atoms. The summed E-state index contributed by atoms with van der Waals surface area (Å²) in [4.78, 5) is 24.7. The summed E-state index contributed by atoms with van der Waals surface area (Å²) < 4.78 is 74.2. The second-order valence-electron chi connectivity index (χ2n) is 13.5. The Bertz CT molecular complexity index is 1080. The first-order valence-electron chi connectivity index (χ1n) is 13.2. The molecule has 0 radical (unpaired) electrons. The van der Waals surface area contributed by atoms with Crippen molar-refractivity contribution in [2.75, 3.05) is 13.2 Å². The molecule has 8 bridgehead atoms. The zero-order valence-corrected chi connectivity index (χ0v) is 21.4. The van der Waals surface area contributed by atoms with E-state index in [2.05, 4.69) is 0 Å². The third-order valence-electron chi connectivity index (χ3n) is 10.1. The predicted molar refractivity (Wildman–Crippen MR) is 122 cm³/mol. The first-order chi connectivity index (χ1) is 17.1. The molecule has 8 saturated carbocycles. The average molecular weight is 549 g/mol. The van der Waals surface area contributed by atoms with Gasteiger partial charge >= 0.3 is 27.5 Å². The molecular formula is C25H34F2O9S. The smallest absolute Gasteiger partial charge is 0.460 e. The van der Waals surface area contributed by atoms with Crippen LogP contribution < -0.4 is 0 Å². The highest BCUT2D eigenvalue weighted by atomic mass is 32.2. The fourth-order valence-corrected chi connectivity index (χ4v) is 10.3. The van der Waals surface area contributed by atoms with Crippen molar-refractivity contribution in [3.63, 3.8) is 0 Å². The number of hydrogen-bond donors (Lipinski definition) is 2. The molecule has 208 valence electrons. The van der Waals surface area contributed by atoms with Crippen molar-refractivity contribution in [1.29, 1.82) is 0 Å². The van der Waals surface area contributed by atoms with Gasteiger partial charge < -0.3 is 19.3 Å². The van der Waals surface area contributed by atoms with Crippen LogP contribution in [0.15, 0.2) is 0 Å². The summed E-state index contributed by atoms with van der Waals surface area (Å²) in [6, 6.07) is 0. The van der Waals surface area contributed by atoms with Gasteiger partial charge in [-0.3, -0.25) is 4.55 Å². The number of aliphatic hydroxyl groups is 1. The van der Waals surface area contributed by atoms with Crippen molar-refractivity contribution in [3.05, 3.63) is 0 Å². The Morgan fingerprint density at radius 2 is 1.30 bits per heavy atom. The second-order valence-corrected chi connectivity index (χ2v) is 15.0. The van der Waals surface area contributed by atoms with Gasteiger partial charge in [0.2, 0.25) is 0 Å². The maximum Gasteiger partial charge on any atom is 0.508 e. The maximum absolute atomic E-state index is 13.7. The largest absolute Gasteiger partial charge is 0.508 e. The highest BCUT2D eigenvalue weighted by Crippen LogP contribution is 2.64. The van der Waals surface area contributed by atoms with Crippen LogP contribution >= 0.6 is 0 Å². The van der Waals surface area contributed by atoms with Gasteiger partial charge in [-0.15, -0.1) is 0 Å². The van der Waals surface area contributed by atoms with Crippen LogP contribution in [0.3, 0.4) is 0 Å². The monoisotopic (exact) mass is 548 g/mol. The van der Waals surface area contributed by atoms with Crippen molar-refractivity contribution >= 4 is 22.2 Å². The van der Waals surface area contributed by atoms with Crippen molar-refractivity contribution < 1.29 is 50.7 Å². The van der Waals surface area contributed by atoms with E-state index in [1.165, 1.54) is 0 Å². The van der Waals surface area contributed by atoms with Crippen molar-refractivity contribution in [1.82, 2.24) is 0 Å². The van der Waals surface area contributed by atoms with Gasteiger partial charge in [0.25, 0.3) is 0 Å². The summed E-state index contributed by atoms with van der Waals surface area (Å²) >= 11 is 0. The van der Waals surface area contributed by atoms with Gasteiger partial charge in [-0.2, -0.15) is 17.2 Å². The molecule has 4 atom stereocenters. The Balaban J connectivity index is 1.10. The van der Waals surface area contributed by atoms with E-state index < -0.39 is 50.7 Å². The van der Waals surface area contributed by atoms with Gasteiger partial charge in [0.05, 0.1) is 12.2 Å². The van der Waals surface area contributed by atoms with Gasteiger partial charge in [0.1, 0.15) is 12.2 Å². The third kappa shape index (κ3) is 4.44. The number of carbonyl (C=O) groups is 2. The quantitative estimate of drug-likeness (QED) is 0.359. The summed E-state index contributed by atoms with van der Waals surface area (Å²) in [6.45, 7) is -0.230. The van der Waals surface area contributed by atoms with Crippen LogP contribution in [0, 0.1) is 34.5 Å². The lowest BCUT2D eigenvalue weighted by Crippen LogP contribution is -2.59. The molecule has 0 aromatic heterocycles. The zero-order chi connectivity index (χ0) is 26.5. The molecule has 4 unspecified atom stereocenters. The van der Waals surface area contributed by atoms with E-state index in [1.807, 2.05) is 0 Å². The SMILES string of the molecule is O=C(OCC12CC3CC(CC(O)(C3)C1)C2)OC12CC3CC(CC(COC(=O)C(F)(F)S(=O)(=O)O)(C3)C1)C2. The minimum absolute atomic E-state index is 0.159. The molecule has 8 rings (SSSR count). The van der Waals surface area contributed by atoms with E-state index in [4.69, 9.17) is 18.8 Å². The lowest BCUT2D eigenvalue weighted by Gasteiger charge is -2.61. The zero-order valence-electron chi connectivity index (χ0n) is 20.6. The summed E-state index contributed by atoms with van der Waals surface area (Å²) in [5.41, 5.74) is -2.43. The molecule has 8 aliphatic rings. The van der Waals surface area contributed by atoms with Crippen LogP contribution in [-0.4, -0.2) is 59.9 Å². The van der Waals surface area contributed by atoms with E-state index in [0.29, 0.717) is 50.4 Å². The normalized spacial score (nSPS) is 45.6. The van der Waals surface area contributed by atoms with Crippen molar-refractivity contribution in [2.24, 2.45) is 34.5 Å². The Hall–Kier alpha value is -1.53. The number of alkyl halides is 2. The van der Waals surface area contributed by atoms with Crippen LogP contribution in [0.25, 0.3) is 0 Å². The molecule has 8 fully saturated rings. The van der Waals surface area contributed by atoms with Gasteiger partial charge in [0.15, 0.2) is 0 Å². The van der Waals surface area contributed by atoms with E-state index >= 15 is 0 Å². The lowest BCUT2D eigenvalue weighted by atomic mass is 9.48. The van der Waals surface area contributed by atoms with Crippen LogP contribution in [-0.2, 0) is 29.1 Å². The molecule has 0 aliphatic heterocycles. The molecule has 0 amide bonds. The molecule has 2 N–H and O–H groups in total. The van der Waals surface area contributed by atoms with Gasteiger partial charge in [-0.1, -0.05) is 0 Å². The number of hydrogen-bond acceptors (Lipinski definition) is 8. The fraction of sp³-hybridized carbons (Fsp3) is 0.920. The predicted octanol–water partition coefficient (Wildman–Crippen LogP) is 3.83. The van der Waals surface area contributed by atoms with E-state index in [-0.39, 0.29) is 23.9 Å². The Labute approximate surface area is 214 Å². The Morgan fingerprint density at radius 3 is 1.81 bits per heavy atom. The Morgan fingerprint density at radius 1 is 0.811 bits per heavy atom. The maximum atomic E-state index is 13.7. The number of halogens is 2. The topological polar surface area (TPSA) is 136 Å². The van der Waals surface area contributed by atoms with Gasteiger partial charge in [-0.25, -0.2) is 9.59 Å². The van der Waals surface area contributed by atoms with Crippen LogP contribution in [0.2, 0.25) is 0 Å². The highest BCUT2D eigenvalue weighted by molar-refractivity contribution is 7.87. The molecule has 9 nitrogen and oxygen atoms in total. The van der Waals surface area contributed by atoms with E-state index in [9.17, 15) is 31.9 Å². The lowest BCUT2D eigenvalue weighted by molar-refractivity contribution is -0.204. The van der Waals surface area contributed by atoms with Crippen molar-refractivity contribution in [3.8, 4) is 0 Å². The third-order valence-corrected chi connectivity index (χ3v) is 11.0. The van der Waals surface area contributed by atoms with Crippen molar-refractivity contribution in [2.45, 2.75) is 93.5 Å². The number of carbonyl (C=O) groups excluding carboxylic acids is 2. The standard InChI is InChI=1S/C25H34F2O9S/c26-25(27,37(31,32)33)19(28)34-13-22-5-17-2-18(6-22)10-24(9-17,12-22)36-20(29)35-14-21-3-15-1-16(4-21)8-23(30,7-15)11-21/h15-18,30H,1-14H2,(H,31,32,33). The number of esters is 1. The van der Waals surface area contributed by atoms with Crippen LogP contribution in [0.1, 0.15) is 77.0 Å². The van der Waals surface area contributed by atoms with Gasteiger partial charge in [0, 0.05) is 10.8 Å². The second kappa shape index (κ2) is 8.00. The first kappa shape index (κ1) is 25.7. The summed E-state index contributed by atoms with van der Waals surface area (Å²) in [5.74, 6) is -1.06. The molecule has 12 heteroatoms. The minimum atomic E-state index is -5.94. The van der Waals surface area contributed by atoms with Crippen LogP contribution in [0.5, 0.6) is 0 Å². The minimum Gasteiger partial charge on any atom is -0.460 e. The summed E-state index contributed by atoms with van der Waals surface area (Å²) in [5, 5.41) is 5.91. The first-order valence-corrected chi connectivity index (χ1v) is 14.7. The molecule has 8 aliphatic carbocycles. The number of rotatable bonds is 7. The van der Waals surface area contributed by atoms with Gasteiger partial charge in [-0.05, 0) is 101 Å². The molecular weight excluding hydrogens is 514 g/mol. The van der Waals surface area contributed by atoms with E-state index in [0.717, 1.165) is 38.5 Å². The molecule has 0 aromatic rings. The number of ether oxygens (including phenoxy) is 3.